The largest absolute Gasteiger partial charge is 0.332 e. The third-order valence-electron chi connectivity index (χ3n) is 7.30. The maximum Gasteiger partial charge on any atom is 0.282 e. The lowest BCUT2D eigenvalue weighted by molar-refractivity contribution is -0.155. The Kier molecular flexibility index (Phi) is 6.07. The zero-order valence-corrected chi connectivity index (χ0v) is 19.4. The van der Waals surface area contributed by atoms with E-state index in [1.165, 1.54) is 17.9 Å². The molecule has 2 aliphatic rings. The van der Waals surface area contributed by atoms with Gasteiger partial charge in [0.25, 0.3) is 11.7 Å². The molecule has 5 rings (SSSR count). The summed E-state index contributed by atoms with van der Waals surface area (Å²) in [6.07, 6.45) is 7.94. The number of aromatic nitrogens is 1. The standard InChI is InChI=1S/C28H30FN3O2/c1-19(33)31-28(29,17-20-5-3-2-4-6-20)27(34)32-25-9-10-26(32)16-22(15-25)13-21-7-8-23-11-12-30-18-24(23)14-21/h2-8,11-12,14,18,22,25-26H,9-10,13,15-17H2,1H3,(H,31,33)/t25-,26-,28-/m0/s1. The van der Waals surface area contributed by atoms with Gasteiger partial charge in [-0.05, 0) is 66.7 Å². The first-order valence-corrected chi connectivity index (χ1v) is 12.1. The number of carbonyl (C=O) groups is 2. The highest BCUT2D eigenvalue weighted by atomic mass is 19.1. The normalized spacial score (nSPS) is 23.5. The number of carbonyl (C=O) groups excluding carboxylic acids is 2. The summed E-state index contributed by atoms with van der Waals surface area (Å²) in [7, 11) is 0. The summed E-state index contributed by atoms with van der Waals surface area (Å²) in [4.78, 5) is 31.4. The average Bonchev–Trinajstić information content (AvgIpc) is 3.08. The molecule has 0 saturated carbocycles. The van der Waals surface area contributed by atoms with Gasteiger partial charge in [0.1, 0.15) is 0 Å². The summed E-state index contributed by atoms with van der Waals surface area (Å²) < 4.78 is 16.1. The molecule has 3 aromatic rings. The molecule has 0 aliphatic carbocycles. The van der Waals surface area contributed by atoms with Crippen molar-refractivity contribution < 1.29 is 14.0 Å². The van der Waals surface area contributed by atoms with Crippen LogP contribution in [0.5, 0.6) is 0 Å². The molecule has 2 amide bonds. The summed E-state index contributed by atoms with van der Waals surface area (Å²) in [5.41, 5.74) is 1.95. The Bertz CT molecular complexity index is 1190. The molecule has 6 heteroatoms. The lowest BCUT2D eigenvalue weighted by atomic mass is 9.85. The molecule has 2 fully saturated rings. The first kappa shape index (κ1) is 22.5. The minimum Gasteiger partial charge on any atom is -0.332 e. The Morgan fingerprint density at radius 3 is 2.47 bits per heavy atom. The van der Waals surface area contributed by atoms with E-state index in [9.17, 15) is 9.59 Å². The van der Waals surface area contributed by atoms with Crippen molar-refractivity contribution in [1.82, 2.24) is 15.2 Å². The predicted molar refractivity (Wildman–Crippen MR) is 130 cm³/mol. The zero-order chi connectivity index (χ0) is 23.7. The number of nitrogens with one attached hydrogen (secondary N) is 1. The molecule has 0 unspecified atom stereocenters. The first-order chi connectivity index (χ1) is 16.4. The Labute approximate surface area is 199 Å². The number of hydrogen-bond acceptors (Lipinski definition) is 3. The van der Waals surface area contributed by atoms with E-state index in [1.807, 2.05) is 30.5 Å². The van der Waals surface area contributed by atoms with Gasteiger partial charge in [0.2, 0.25) is 5.91 Å². The van der Waals surface area contributed by atoms with E-state index in [-0.39, 0.29) is 18.5 Å². The number of rotatable bonds is 6. The molecule has 0 spiro atoms. The van der Waals surface area contributed by atoms with Crippen LogP contribution in [0.15, 0.2) is 67.0 Å². The monoisotopic (exact) mass is 459 g/mol. The highest BCUT2D eigenvalue weighted by Gasteiger charge is 2.51. The van der Waals surface area contributed by atoms with E-state index >= 15 is 4.39 Å². The van der Waals surface area contributed by atoms with Gasteiger partial charge in [-0.15, -0.1) is 0 Å². The van der Waals surface area contributed by atoms with Crippen LogP contribution in [-0.4, -0.2) is 39.6 Å². The molecular formula is C28H30FN3O2. The number of benzene rings is 2. The van der Waals surface area contributed by atoms with E-state index in [2.05, 4.69) is 28.5 Å². The Hall–Kier alpha value is -3.28. The summed E-state index contributed by atoms with van der Waals surface area (Å²) in [6, 6.07) is 17.6. The van der Waals surface area contributed by atoms with Crippen LogP contribution in [0, 0.1) is 5.92 Å². The second kappa shape index (κ2) is 9.16. The van der Waals surface area contributed by atoms with Crippen LogP contribution < -0.4 is 5.32 Å². The van der Waals surface area contributed by atoms with Crippen molar-refractivity contribution in [2.24, 2.45) is 5.92 Å². The van der Waals surface area contributed by atoms with Crippen LogP contribution >= 0.6 is 0 Å². The van der Waals surface area contributed by atoms with E-state index < -0.39 is 17.6 Å². The fourth-order valence-corrected chi connectivity index (χ4v) is 5.92. The number of hydrogen-bond donors (Lipinski definition) is 1. The predicted octanol–water partition coefficient (Wildman–Crippen LogP) is 4.59. The van der Waals surface area contributed by atoms with Crippen molar-refractivity contribution in [2.45, 2.75) is 63.3 Å². The van der Waals surface area contributed by atoms with E-state index in [0.717, 1.165) is 37.5 Å². The second-order valence-electron chi connectivity index (χ2n) is 9.84. The van der Waals surface area contributed by atoms with Gasteiger partial charge in [-0.2, -0.15) is 0 Å². The highest BCUT2D eigenvalue weighted by Crippen LogP contribution is 2.41. The molecule has 2 bridgehead atoms. The number of amides is 2. The van der Waals surface area contributed by atoms with Gasteiger partial charge in [-0.3, -0.25) is 14.6 Å². The van der Waals surface area contributed by atoms with Crippen molar-refractivity contribution in [3.05, 3.63) is 78.1 Å². The van der Waals surface area contributed by atoms with Gasteiger partial charge in [0.15, 0.2) is 0 Å². The molecule has 5 nitrogen and oxygen atoms in total. The summed E-state index contributed by atoms with van der Waals surface area (Å²) in [5.74, 6) is -3.14. The summed E-state index contributed by atoms with van der Waals surface area (Å²) in [5, 5.41) is 4.65. The topological polar surface area (TPSA) is 62.3 Å². The van der Waals surface area contributed by atoms with Crippen molar-refractivity contribution >= 4 is 22.6 Å². The molecule has 1 aromatic heterocycles. The molecule has 2 aliphatic heterocycles. The average molecular weight is 460 g/mol. The minimum atomic E-state index is -2.44. The van der Waals surface area contributed by atoms with Crippen molar-refractivity contribution in [2.75, 3.05) is 0 Å². The van der Waals surface area contributed by atoms with Gasteiger partial charge in [-0.25, -0.2) is 4.39 Å². The first-order valence-electron chi connectivity index (χ1n) is 12.1. The maximum absolute atomic E-state index is 16.1. The van der Waals surface area contributed by atoms with E-state index in [0.29, 0.717) is 11.5 Å². The van der Waals surface area contributed by atoms with Gasteiger partial charge in [-0.1, -0.05) is 42.5 Å². The molecule has 1 N–H and O–H groups in total. The zero-order valence-electron chi connectivity index (χ0n) is 19.4. The summed E-state index contributed by atoms with van der Waals surface area (Å²) in [6.45, 7) is 1.26. The Morgan fingerprint density at radius 1 is 1.03 bits per heavy atom. The highest BCUT2D eigenvalue weighted by molar-refractivity contribution is 5.90. The van der Waals surface area contributed by atoms with Crippen LogP contribution in [-0.2, 0) is 22.4 Å². The number of nitrogens with zero attached hydrogens (tertiary/aromatic N) is 2. The molecule has 0 radical (unpaired) electrons. The Balaban J connectivity index is 1.32. The SMILES string of the molecule is CC(=O)N[C@@](F)(Cc1ccccc1)C(=O)N1[C@H]2CC[C@H]1CC(Cc1ccc3ccncc3c1)C2. The molecule has 3 heterocycles. The van der Waals surface area contributed by atoms with E-state index in [1.54, 1.807) is 23.2 Å². The van der Waals surface area contributed by atoms with Crippen molar-refractivity contribution in [3.8, 4) is 0 Å². The van der Waals surface area contributed by atoms with Crippen LogP contribution in [0.3, 0.4) is 0 Å². The van der Waals surface area contributed by atoms with Gasteiger partial charge in [0.05, 0.1) is 0 Å². The van der Waals surface area contributed by atoms with E-state index in [4.69, 9.17) is 0 Å². The molecule has 34 heavy (non-hydrogen) atoms. The van der Waals surface area contributed by atoms with Crippen molar-refractivity contribution in [3.63, 3.8) is 0 Å². The van der Waals surface area contributed by atoms with Crippen molar-refractivity contribution in [1.29, 1.82) is 0 Å². The molecule has 2 saturated heterocycles. The maximum atomic E-state index is 16.1. The lowest BCUT2D eigenvalue weighted by Gasteiger charge is -2.42. The van der Waals surface area contributed by atoms with Gasteiger partial charge < -0.3 is 10.2 Å². The molecular weight excluding hydrogens is 429 g/mol. The van der Waals surface area contributed by atoms with Crippen LogP contribution in [0.25, 0.3) is 10.8 Å². The number of piperidine rings is 1. The summed E-state index contributed by atoms with van der Waals surface area (Å²) >= 11 is 0. The fourth-order valence-electron chi connectivity index (χ4n) is 5.92. The van der Waals surface area contributed by atoms with Gasteiger partial charge in [0, 0.05) is 43.2 Å². The number of halogens is 1. The van der Waals surface area contributed by atoms with Gasteiger partial charge >= 0.3 is 0 Å². The van der Waals surface area contributed by atoms with Crippen LogP contribution in [0.1, 0.15) is 43.7 Å². The third-order valence-corrected chi connectivity index (χ3v) is 7.30. The number of fused-ring (bicyclic) bond motifs is 3. The third kappa shape index (κ3) is 4.54. The fraction of sp³-hybridized carbons (Fsp3) is 0.393. The molecule has 3 atom stereocenters. The lowest BCUT2D eigenvalue weighted by Crippen LogP contribution is -2.61. The smallest absolute Gasteiger partial charge is 0.282 e. The van der Waals surface area contributed by atoms with Crippen LogP contribution in [0.2, 0.25) is 0 Å². The molecule has 176 valence electrons. The quantitative estimate of drug-likeness (QED) is 0.549. The van der Waals surface area contributed by atoms with Crippen LogP contribution in [0.4, 0.5) is 4.39 Å². The molecule has 2 aromatic carbocycles. The second-order valence-corrected chi connectivity index (χ2v) is 9.84. The Morgan fingerprint density at radius 2 is 1.76 bits per heavy atom. The number of pyridine rings is 1. The number of alkyl halides is 1. The minimum absolute atomic E-state index is 0.0121.